The second-order valence-electron chi connectivity index (χ2n) is 2.25. The van der Waals surface area contributed by atoms with E-state index in [-0.39, 0.29) is 0 Å². The number of benzene rings is 1. The summed E-state index contributed by atoms with van der Waals surface area (Å²) < 4.78 is 0. The van der Waals surface area contributed by atoms with Crippen LogP contribution in [0.15, 0.2) is 30.3 Å². The van der Waals surface area contributed by atoms with Gasteiger partial charge in [-0.2, -0.15) is 17.7 Å². The van der Waals surface area contributed by atoms with Crippen molar-refractivity contribution in [3.63, 3.8) is 0 Å². The zero-order valence-corrected chi connectivity index (χ0v) is 13.6. The van der Waals surface area contributed by atoms with Crippen LogP contribution in [-0.4, -0.2) is 0 Å². The van der Waals surface area contributed by atoms with E-state index in [4.69, 9.17) is 11.6 Å². The van der Waals surface area contributed by atoms with Gasteiger partial charge in [-0.15, -0.1) is 17.3 Å². The second kappa shape index (κ2) is 6.29. The van der Waals surface area contributed by atoms with Crippen LogP contribution in [0.2, 0.25) is 5.02 Å². The molecular formula is C9H5ClIPZn. The first-order valence-electron chi connectivity index (χ1n) is 3.56. The summed E-state index contributed by atoms with van der Waals surface area (Å²) in [5, 5.41) is 3.16. The molecule has 2 rings (SSSR count). The number of hydrogen-bond acceptors (Lipinski definition) is 0. The Morgan fingerprint density at radius 1 is 1.31 bits per heavy atom. The van der Waals surface area contributed by atoms with Crippen molar-refractivity contribution in [1.82, 2.24) is 0 Å². The van der Waals surface area contributed by atoms with Crippen LogP contribution in [0.25, 0.3) is 10.5 Å². The predicted molar refractivity (Wildman–Crippen MR) is 64.3 cm³/mol. The van der Waals surface area contributed by atoms with Gasteiger partial charge in [0, 0.05) is 0 Å². The molecule has 13 heavy (non-hydrogen) atoms. The summed E-state index contributed by atoms with van der Waals surface area (Å²) in [6, 6.07) is 9.94. The minimum absolute atomic E-state index is 0.791. The molecule has 0 saturated heterocycles. The molecule has 0 aliphatic rings. The summed E-state index contributed by atoms with van der Waals surface area (Å²) in [6.45, 7) is 0. The van der Waals surface area contributed by atoms with Crippen LogP contribution >= 0.6 is 39.5 Å². The Bertz CT molecular complexity index is 389. The van der Waals surface area contributed by atoms with Gasteiger partial charge in [0.05, 0.1) is 0 Å². The van der Waals surface area contributed by atoms with Gasteiger partial charge in [-0.3, -0.25) is 0 Å². The maximum atomic E-state index is 5.94. The van der Waals surface area contributed by atoms with Gasteiger partial charge in [-0.1, -0.05) is 28.3 Å². The fraction of sp³-hybridized carbons (Fsp3) is 0. The molecule has 1 heterocycles. The third kappa shape index (κ3) is 3.13. The third-order valence-electron chi connectivity index (χ3n) is 1.54. The van der Waals surface area contributed by atoms with Gasteiger partial charge in [0.1, 0.15) is 0 Å². The van der Waals surface area contributed by atoms with E-state index in [9.17, 15) is 0 Å². The van der Waals surface area contributed by atoms with Crippen molar-refractivity contribution in [3.05, 3.63) is 41.2 Å². The van der Waals surface area contributed by atoms with Crippen LogP contribution in [0.5, 0.6) is 0 Å². The predicted octanol–water partition coefficient (Wildman–Crippen LogP) is 4.76. The standard InChI is InChI=1S/C9H5ClP.HI.Zn/c10-8-5-6-11-9-4-2-1-3-7(8)9;;/h1-5H;1H;/q-1;;+2/p-1. The molecule has 0 nitrogen and oxygen atoms in total. The van der Waals surface area contributed by atoms with Crippen molar-refractivity contribution >= 4 is 50.0 Å². The van der Waals surface area contributed by atoms with Gasteiger partial charge in [-0.05, 0) is 0 Å². The van der Waals surface area contributed by atoms with Gasteiger partial charge in [0.25, 0.3) is 0 Å². The SMILES string of the molecule is Clc1c[c-]pc2ccccc12.[Zn+][I]. The Labute approximate surface area is 105 Å². The molecule has 0 unspecified atom stereocenters. The Morgan fingerprint density at radius 3 is 2.69 bits per heavy atom. The van der Waals surface area contributed by atoms with E-state index in [1.165, 1.54) is 19.9 Å². The Balaban J connectivity index is 0.000000396. The fourth-order valence-corrected chi connectivity index (χ4v) is 2.18. The van der Waals surface area contributed by atoms with Crippen molar-refractivity contribution in [2.24, 2.45) is 0 Å². The molecule has 0 aliphatic carbocycles. The van der Waals surface area contributed by atoms with Crippen LogP contribution in [0.1, 0.15) is 0 Å². The summed E-state index contributed by atoms with van der Waals surface area (Å²) in [6.07, 6.45) is 0. The molecule has 0 spiro atoms. The van der Waals surface area contributed by atoms with Crippen molar-refractivity contribution < 1.29 is 14.8 Å². The van der Waals surface area contributed by atoms with E-state index in [1.54, 1.807) is 0 Å². The van der Waals surface area contributed by atoms with Gasteiger partial charge >= 0.3 is 34.5 Å². The summed E-state index contributed by atoms with van der Waals surface area (Å²) in [4.78, 5) is 0. The molecule has 0 bridgehead atoms. The molecule has 0 atom stereocenters. The quantitative estimate of drug-likeness (QED) is 0.356. The summed E-state index contributed by atoms with van der Waals surface area (Å²) in [5.41, 5.74) is 0. The van der Waals surface area contributed by atoms with Crippen molar-refractivity contribution in [3.8, 4) is 0 Å². The summed E-state index contributed by atoms with van der Waals surface area (Å²) >= 11 is 9.56. The van der Waals surface area contributed by atoms with E-state index in [1.807, 2.05) is 24.3 Å². The average Bonchev–Trinajstić information content (AvgIpc) is 2.22. The third-order valence-corrected chi connectivity index (χ3v) is 2.74. The molecule has 0 amide bonds. The van der Waals surface area contributed by atoms with Gasteiger partial charge < -0.3 is 0 Å². The average molecular weight is 372 g/mol. The molecule has 0 N–H and O–H groups in total. The zero-order chi connectivity index (χ0) is 9.68. The van der Waals surface area contributed by atoms with Gasteiger partial charge in [0.2, 0.25) is 0 Å². The van der Waals surface area contributed by atoms with E-state index in [0.29, 0.717) is 0 Å². The molecule has 1 aromatic heterocycles. The van der Waals surface area contributed by atoms with Crippen molar-refractivity contribution in [2.45, 2.75) is 0 Å². The maximum absolute atomic E-state index is 5.94. The number of hydrogen-bond donors (Lipinski definition) is 0. The van der Waals surface area contributed by atoms with Crippen LogP contribution < -0.4 is 0 Å². The molecule has 1 aromatic carbocycles. The Kier molecular flexibility index (Phi) is 5.73. The van der Waals surface area contributed by atoms with E-state index < -0.39 is 0 Å². The molecule has 0 radical (unpaired) electrons. The molecule has 4 heteroatoms. The van der Waals surface area contributed by atoms with Crippen LogP contribution in [0.3, 0.4) is 0 Å². The van der Waals surface area contributed by atoms with Crippen LogP contribution in [-0.2, 0) is 14.8 Å². The molecule has 0 saturated carbocycles. The van der Waals surface area contributed by atoms with Gasteiger partial charge in [-0.25, -0.2) is 8.19 Å². The van der Waals surface area contributed by atoms with E-state index in [2.05, 4.69) is 31.6 Å². The number of fused-ring (bicyclic) bond motifs is 1. The van der Waals surface area contributed by atoms with Crippen molar-refractivity contribution in [1.29, 1.82) is 0 Å². The van der Waals surface area contributed by atoms with Crippen molar-refractivity contribution in [2.75, 3.05) is 0 Å². The van der Waals surface area contributed by atoms with Crippen LogP contribution in [0.4, 0.5) is 0 Å². The second-order valence-corrected chi connectivity index (χ2v) is 3.62. The number of halogens is 2. The molecule has 62 valence electrons. The minimum atomic E-state index is 0.791. The number of rotatable bonds is 0. The van der Waals surface area contributed by atoms with E-state index >= 15 is 0 Å². The Hall–Kier alpha value is 0.773. The molecule has 2 aromatic rings. The molecule has 0 fully saturated rings. The normalized spacial score (nSPS) is 9.85. The first kappa shape index (κ1) is 11.8. The first-order valence-corrected chi connectivity index (χ1v) is 13.9. The Morgan fingerprint density at radius 2 is 2.00 bits per heavy atom. The monoisotopic (exact) mass is 370 g/mol. The topological polar surface area (TPSA) is 0 Å². The first-order chi connectivity index (χ1) is 6.38. The summed E-state index contributed by atoms with van der Waals surface area (Å²) in [5.74, 6) is 3.07. The molecule has 0 aliphatic heterocycles. The van der Waals surface area contributed by atoms with Gasteiger partial charge in [0.15, 0.2) is 0 Å². The summed E-state index contributed by atoms with van der Waals surface area (Å²) in [7, 11) is 1.11. The van der Waals surface area contributed by atoms with Crippen LogP contribution in [0, 0.1) is 5.80 Å². The van der Waals surface area contributed by atoms with E-state index in [0.717, 1.165) is 18.6 Å². The molecular weight excluding hydrogens is 367 g/mol. The zero-order valence-electron chi connectivity index (χ0n) is 6.80. The fourth-order valence-electron chi connectivity index (χ4n) is 1.01.